The van der Waals surface area contributed by atoms with Gasteiger partial charge in [-0.2, -0.15) is 0 Å². The molecule has 0 saturated heterocycles. The van der Waals surface area contributed by atoms with Gasteiger partial charge in [-0.15, -0.1) is 12.4 Å². The number of rotatable bonds is 2. The van der Waals surface area contributed by atoms with Crippen LogP contribution in [0.4, 0.5) is 10.1 Å². The Balaban J connectivity index is 0.00000196. The summed E-state index contributed by atoms with van der Waals surface area (Å²) in [4.78, 5) is 11.1. The van der Waals surface area contributed by atoms with Crippen molar-refractivity contribution in [1.82, 2.24) is 0 Å². The Morgan fingerprint density at radius 1 is 1.40 bits per heavy atom. The maximum absolute atomic E-state index is 13.5. The molecule has 15 heavy (non-hydrogen) atoms. The summed E-state index contributed by atoms with van der Waals surface area (Å²) >= 11 is 0. The highest BCUT2D eigenvalue weighted by Crippen LogP contribution is 2.25. The third kappa shape index (κ3) is 2.50. The first kappa shape index (κ1) is 13.5. The lowest BCUT2D eigenvalue weighted by molar-refractivity contribution is 0.0596. The minimum atomic E-state index is -0.820. The van der Waals surface area contributed by atoms with Gasteiger partial charge >= 0.3 is 5.97 Å². The van der Waals surface area contributed by atoms with Crippen LogP contribution in [0.15, 0.2) is 12.1 Å². The fourth-order valence-electron chi connectivity index (χ4n) is 1.04. The maximum Gasteiger partial charge on any atom is 0.343 e. The maximum atomic E-state index is 13.5. The van der Waals surface area contributed by atoms with E-state index in [2.05, 4.69) is 4.74 Å². The van der Waals surface area contributed by atoms with E-state index in [0.29, 0.717) is 0 Å². The first-order valence-corrected chi connectivity index (χ1v) is 3.82. The molecule has 1 aromatic carbocycles. The number of carbonyl (C=O) groups is 1. The summed E-state index contributed by atoms with van der Waals surface area (Å²) in [6.45, 7) is 0. The normalized spacial score (nSPS) is 9.00. The van der Waals surface area contributed by atoms with E-state index in [1.165, 1.54) is 19.2 Å². The molecule has 0 unspecified atom stereocenters. The van der Waals surface area contributed by atoms with Gasteiger partial charge in [0.05, 0.1) is 14.2 Å². The predicted octanol–water partition coefficient (Wildman–Crippen LogP) is 1.62. The number of hydrogen-bond acceptors (Lipinski definition) is 4. The number of benzene rings is 1. The fraction of sp³-hybridized carbons (Fsp3) is 0.222. The van der Waals surface area contributed by atoms with Gasteiger partial charge in [0.2, 0.25) is 0 Å². The first-order valence-electron chi connectivity index (χ1n) is 3.82. The number of nitrogen functional groups attached to an aromatic ring is 1. The van der Waals surface area contributed by atoms with Crippen LogP contribution < -0.4 is 10.5 Å². The van der Waals surface area contributed by atoms with E-state index < -0.39 is 11.8 Å². The molecule has 2 N–H and O–H groups in total. The molecule has 0 heterocycles. The molecule has 0 bridgehead atoms. The van der Waals surface area contributed by atoms with Crippen LogP contribution in [0.3, 0.4) is 0 Å². The molecule has 1 rings (SSSR count). The molecule has 84 valence electrons. The van der Waals surface area contributed by atoms with Crippen molar-refractivity contribution in [1.29, 1.82) is 0 Å². The minimum Gasteiger partial charge on any atom is -0.494 e. The Kier molecular flexibility index (Phi) is 4.87. The molecule has 0 radical (unpaired) electrons. The average Bonchev–Trinajstić information content (AvgIpc) is 2.18. The van der Waals surface area contributed by atoms with Gasteiger partial charge in [0.1, 0.15) is 5.56 Å². The number of halogens is 2. The average molecular weight is 236 g/mol. The van der Waals surface area contributed by atoms with Gasteiger partial charge in [-0.25, -0.2) is 9.18 Å². The van der Waals surface area contributed by atoms with E-state index in [1.54, 1.807) is 0 Å². The van der Waals surface area contributed by atoms with Crippen LogP contribution in [0, 0.1) is 5.82 Å². The molecule has 0 spiro atoms. The van der Waals surface area contributed by atoms with Gasteiger partial charge in [-0.05, 0) is 12.1 Å². The number of hydrogen-bond donors (Lipinski definition) is 1. The highest BCUT2D eigenvalue weighted by Gasteiger charge is 2.19. The number of ether oxygens (including phenoxy) is 2. The Hall–Kier alpha value is -1.49. The largest absolute Gasteiger partial charge is 0.494 e. The third-order valence-electron chi connectivity index (χ3n) is 1.75. The van der Waals surface area contributed by atoms with Gasteiger partial charge in [0.25, 0.3) is 0 Å². The summed E-state index contributed by atoms with van der Waals surface area (Å²) in [5.41, 5.74) is 5.15. The third-order valence-corrected chi connectivity index (χ3v) is 1.75. The summed E-state index contributed by atoms with van der Waals surface area (Å²) in [7, 11) is 2.45. The van der Waals surface area contributed by atoms with Crippen molar-refractivity contribution < 1.29 is 18.7 Å². The second-order valence-electron chi connectivity index (χ2n) is 2.54. The molecule has 0 aliphatic carbocycles. The van der Waals surface area contributed by atoms with Crippen LogP contribution in [-0.2, 0) is 4.74 Å². The number of carbonyl (C=O) groups excluding carboxylic acids is 1. The van der Waals surface area contributed by atoms with Crippen molar-refractivity contribution in [3.63, 3.8) is 0 Å². The fourth-order valence-corrected chi connectivity index (χ4v) is 1.04. The zero-order valence-corrected chi connectivity index (χ0v) is 9.06. The van der Waals surface area contributed by atoms with Crippen LogP contribution in [0.2, 0.25) is 0 Å². The van der Waals surface area contributed by atoms with E-state index >= 15 is 0 Å². The molecular weight excluding hydrogens is 225 g/mol. The van der Waals surface area contributed by atoms with Gasteiger partial charge in [0, 0.05) is 5.69 Å². The summed E-state index contributed by atoms with van der Waals surface area (Å²) in [5.74, 6) is -1.67. The van der Waals surface area contributed by atoms with Crippen LogP contribution in [0.25, 0.3) is 0 Å². The van der Waals surface area contributed by atoms with Crippen molar-refractivity contribution >= 4 is 24.1 Å². The van der Waals surface area contributed by atoms with Gasteiger partial charge in [-0.3, -0.25) is 0 Å². The van der Waals surface area contributed by atoms with Crippen molar-refractivity contribution in [3.8, 4) is 5.75 Å². The van der Waals surface area contributed by atoms with Gasteiger partial charge in [0.15, 0.2) is 11.6 Å². The number of methoxy groups -OCH3 is 2. The van der Waals surface area contributed by atoms with Crippen LogP contribution >= 0.6 is 12.4 Å². The Bertz CT molecular complexity index is 371. The lowest BCUT2D eigenvalue weighted by Gasteiger charge is -2.08. The summed E-state index contributed by atoms with van der Waals surface area (Å²) < 4.78 is 22.5. The molecule has 0 saturated carbocycles. The highest BCUT2D eigenvalue weighted by atomic mass is 35.5. The Labute approximate surface area is 92.6 Å². The lowest BCUT2D eigenvalue weighted by atomic mass is 10.1. The highest BCUT2D eigenvalue weighted by molar-refractivity contribution is 5.95. The SMILES string of the molecule is COC(=O)c1c(N)ccc(OC)c1F.Cl. The molecular formula is C9H11ClFNO3. The minimum absolute atomic E-state index is 0. The smallest absolute Gasteiger partial charge is 0.343 e. The Morgan fingerprint density at radius 3 is 2.47 bits per heavy atom. The topological polar surface area (TPSA) is 61.5 Å². The van der Waals surface area contributed by atoms with Gasteiger partial charge in [-0.1, -0.05) is 0 Å². The lowest BCUT2D eigenvalue weighted by Crippen LogP contribution is -2.09. The second-order valence-corrected chi connectivity index (χ2v) is 2.54. The summed E-state index contributed by atoms with van der Waals surface area (Å²) in [6, 6.07) is 2.73. The molecule has 0 aliphatic heterocycles. The molecule has 6 heteroatoms. The van der Waals surface area contributed by atoms with Crippen molar-refractivity contribution in [2.75, 3.05) is 20.0 Å². The Morgan fingerprint density at radius 2 is 2.00 bits per heavy atom. The van der Waals surface area contributed by atoms with E-state index in [0.717, 1.165) is 7.11 Å². The molecule has 0 fully saturated rings. The van der Waals surface area contributed by atoms with E-state index in [4.69, 9.17) is 10.5 Å². The molecule has 0 aromatic heterocycles. The van der Waals surface area contributed by atoms with E-state index in [-0.39, 0.29) is 29.4 Å². The van der Waals surface area contributed by atoms with Crippen molar-refractivity contribution in [2.24, 2.45) is 0 Å². The summed E-state index contributed by atoms with van der Waals surface area (Å²) in [5, 5.41) is 0. The molecule has 0 aliphatic rings. The number of nitrogens with two attached hydrogens (primary N) is 1. The van der Waals surface area contributed by atoms with E-state index in [1.807, 2.05) is 0 Å². The first-order chi connectivity index (χ1) is 6.61. The molecule has 1 aromatic rings. The monoisotopic (exact) mass is 235 g/mol. The predicted molar refractivity (Wildman–Crippen MR) is 56.0 cm³/mol. The molecule has 0 amide bonds. The van der Waals surface area contributed by atoms with Crippen LogP contribution in [0.1, 0.15) is 10.4 Å². The van der Waals surface area contributed by atoms with Crippen molar-refractivity contribution in [3.05, 3.63) is 23.5 Å². The molecule has 4 nitrogen and oxygen atoms in total. The molecule has 0 atom stereocenters. The standard InChI is InChI=1S/C9H10FNO3.ClH/c1-13-6-4-3-5(11)7(8(6)10)9(12)14-2;/h3-4H,11H2,1-2H3;1H. The van der Waals surface area contributed by atoms with Crippen molar-refractivity contribution in [2.45, 2.75) is 0 Å². The van der Waals surface area contributed by atoms with Gasteiger partial charge < -0.3 is 15.2 Å². The van der Waals surface area contributed by atoms with Crippen LogP contribution in [0.5, 0.6) is 5.75 Å². The zero-order chi connectivity index (χ0) is 10.7. The summed E-state index contributed by atoms with van der Waals surface area (Å²) in [6.07, 6.45) is 0. The quantitative estimate of drug-likeness (QED) is 0.625. The number of anilines is 1. The second kappa shape index (κ2) is 5.41. The number of esters is 1. The zero-order valence-electron chi connectivity index (χ0n) is 8.24. The van der Waals surface area contributed by atoms with E-state index in [9.17, 15) is 9.18 Å². The van der Waals surface area contributed by atoms with Crippen LogP contribution in [-0.4, -0.2) is 20.2 Å².